The standard InChI is InChI=1S/C21H26Cl2N4OS/c1-13-20(29-17-5-2-4-15(22)18(17)23)26-16(12-28)19(25-13)14-6-9-21(10-7-14)8-3-11-27(21)24/h2,4-5,14,28H,3,6-12,24H2,1H3. The predicted molar refractivity (Wildman–Crippen MR) is 117 cm³/mol. The molecule has 5 nitrogen and oxygen atoms in total. The second-order valence-corrected chi connectivity index (χ2v) is 9.87. The van der Waals surface area contributed by atoms with Crippen LogP contribution in [-0.2, 0) is 6.61 Å². The number of halogens is 2. The number of nitrogens with zero attached hydrogens (tertiary/aromatic N) is 3. The van der Waals surface area contributed by atoms with Crippen molar-refractivity contribution in [1.82, 2.24) is 15.0 Å². The number of rotatable bonds is 4. The van der Waals surface area contributed by atoms with Crippen LogP contribution in [0.15, 0.2) is 28.1 Å². The fraction of sp³-hybridized carbons (Fsp3) is 0.524. The van der Waals surface area contributed by atoms with Gasteiger partial charge >= 0.3 is 0 Å². The Hall–Kier alpha value is -0.890. The Morgan fingerprint density at radius 3 is 2.66 bits per heavy atom. The van der Waals surface area contributed by atoms with Crippen molar-refractivity contribution >= 4 is 35.0 Å². The molecule has 0 amide bonds. The molecule has 29 heavy (non-hydrogen) atoms. The molecule has 0 atom stereocenters. The Kier molecular flexibility index (Phi) is 6.40. The Morgan fingerprint density at radius 2 is 2.00 bits per heavy atom. The van der Waals surface area contributed by atoms with Gasteiger partial charge in [-0.25, -0.2) is 9.99 Å². The molecule has 1 saturated heterocycles. The van der Waals surface area contributed by atoms with E-state index >= 15 is 0 Å². The van der Waals surface area contributed by atoms with E-state index in [-0.39, 0.29) is 12.1 Å². The summed E-state index contributed by atoms with van der Waals surface area (Å²) in [7, 11) is 0. The summed E-state index contributed by atoms with van der Waals surface area (Å²) in [6, 6.07) is 5.53. The first-order valence-corrected chi connectivity index (χ1v) is 11.6. The van der Waals surface area contributed by atoms with Crippen LogP contribution in [0.5, 0.6) is 0 Å². The molecule has 2 heterocycles. The lowest BCUT2D eigenvalue weighted by atomic mass is 9.74. The molecule has 4 rings (SSSR count). The fourth-order valence-electron chi connectivity index (χ4n) is 4.69. The van der Waals surface area contributed by atoms with Crippen LogP contribution in [0.3, 0.4) is 0 Å². The number of aromatic nitrogens is 2. The SMILES string of the molecule is Cc1nc(C2CCC3(CCCN3N)CC2)c(CO)nc1Sc1cccc(Cl)c1Cl. The first-order valence-electron chi connectivity index (χ1n) is 10.1. The van der Waals surface area contributed by atoms with Crippen LogP contribution in [0.4, 0.5) is 0 Å². The van der Waals surface area contributed by atoms with Gasteiger partial charge < -0.3 is 5.11 Å². The highest BCUT2D eigenvalue weighted by Gasteiger charge is 2.43. The second-order valence-electron chi connectivity index (χ2n) is 8.05. The quantitative estimate of drug-likeness (QED) is 0.628. The van der Waals surface area contributed by atoms with Crippen molar-refractivity contribution in [1.29, 1.82) is 0 Å². The summed E-state index contributed by atoms with van der Waals surface area (Å²) >= 11 is 13.9. The third-order valence-electron chi connectivity index (χ3n) is 6.36. The molecule has 1 saturated carbocycles. The van der Waals surface area contributed by atoms with Crippen molar-refractivity contribution < 1.29 is 5.11 Å². The third-order valence-corrected chi connectivity index (χ3v) is 8.43. The van der Waals surface area contributed by atoms with Gasteiger partial charge in [0.05, 0.1) is 33.7 Å². The highest BCUT2D eigenvalue weighted by atomic mass is 35.5. The van der Waals surface area contributed by atoms with Crippen LogP contribution < -0.4 is 5.84 Å². The van der Waals surface area contributed by atoms with Gasteiger partial charge in [-0.05, 0) is 57.6 Å². The summed E-state index contributed by atoms with van der Waals surface area (Å²) < 4.78 is 0. The number of aliphatic hydroxyl groups is 1. The highest BCUT2D eigenvalue weighted by Crippen LogP contribution is 2.45. The van der Waals surface area contributed by atoms with E-state index in [0.717, 1.165) is 53.5 Å². The number of aryl methyl sites for hydroxylation is 1. The van der Waals surface area contributed by atoms with Crippen molar-refractivity contribution in [2.24, 2.45) is 5.84 Å². The molecular weight excluding hydrogens is 427 g/mol. The lowest BCUT2D eigenvalue weighted by Crippen LogP contribution is -2.50. The molecular formula is C21H26Cl2N4OS. The van der Waals surface area contributed by atoms with Gasteiger partial charge in [-0.3, -0.25) is 10.8 Å². The molecule has 2 fully saturated rings. The van der Waals surface area contributed by atoms with Gasteiger partial charge in [0.15, 0.2) is 0 Å². The zero-order chi connectivity index (χ0) is 20.6. The normalized spacial score (nSPS) is 25.1. The monoisotopic (exact) mass is 452 g/mol. The number of benzene rings is 1. The van der Waals surface area contributed by atoms with Crippen molar-refractivity contribution in [2.45, 2.75) is 73.4 Å². The van der Waals surface area contributed by atoms with Gasteiger partial charge in [0, 0.05) is 22.9 Å². The Labute approximate surface area is 186 Å². The molecule has 1 aromatic carbocycles. The Bertz CT molecular complexity index is 902. The van der Waals surface area contributed by atoms with Crippen LogP contribution in [-0.4, -0.2) is 32.2 Å². The maximum atomic E-state index is 9.99. The Morgan fingerprint density at radius 1 is 1.24 bits per heavy atom. The van der Waals surface area contributed by atoms with Gasteiger partial charge in [0.1, 0.15) is 5.03 Å². The summed E-state index contributed by atoms with van der Waals surface area (Å²) in [5, 5.41) is 13.8. The van der Waals surface area contributed by atoms with Crippen LogP contribution in [0, 0.1) is 6.92 Å². The van der Waals surface area contributed by atoms with Gasteiger partial charge in [-0.15, -0.1) is 0 Å². The maximum absolute atomic E-state index is 9.99. The fourth-order valence-corrected chi connectivity index (χ4v) is 6.06. The average Bonchev–Trinajstić information content (AvgIpc) is 3.07. The van der Waals surface area contributed by atoms with Gasteiger partial charge in [0.2, 0.25) is 0 Å². The Balaban J connectivity index is 1.56. The van der Waals surface area contributed by atoms with Gasteiger partial charge in [-0.2, -0.15) is 0 Å². The summed E-state index contributed by atoms with van der Waals surface area (Å²) in [6.45, 7) is 2.83. The number of hydrazine groups is 1. The van der Waals surface area contributed by atoms with E-state index in [9.17, 15) is 5.11 Å². The number of hydrogen-bond donors (Lipinski definition) is 2. The smallest absolute Gasteiger partial charge is 0.123 e. The van der Waals surface area contributed by atoms with E-state index in [1.165, 1.54) is 24.6 Å². The molecule has 1 aromatic heterocycles. The number of hydrogen-bond acceptors (Lipinski definition) is 6. The van der Waals surface area contributed by atoms with Crippen molar-refractivity contribution in [3.8, 4) is 0 Å². The van der Waals surface area contributed by atoms with Crippen molar-refractivity contribution in [3.05, 3.63) is 45.3 Å². The second kappa shape index (κ2) is 8.69. The lowest BCUT2D eigenvalue weighted by Gasteiger charge is -2.41. The van der Waals surface area contributed by atoms with Crippen LogP contribution in [0.1, 0.15) is 61.5 Å². The minimum Gasteiger partial charge on any atom is -0.390 e. The van der Waals surface area contributed by atoms with E-state index in [0.29, 0.717) is 21.7 Å². The molecule has 8 heteroatoms. The van der Waals surface area contributed by atoms with E-state index in [2.05, 4.69) is 5.01 Å². The summed E-state index contributed by atoms with van der Waals surface area (Å²) in [5.41, 5.74) is 2.60. The van der Waals surface area contributed by atoms with E-state index < -0.39 is 0 Å². The summed E-state index contributed by atoms with van der Waals surface area (Å²) in [4.78, 5) is 10.5. The summed E-state index contributed by atoms with van der Waals surface area (Å²) in [6.07, 6.45) is 6.58. The number of aliphatic hydroxyl groups excluding tert-OH is 1. The first-order chi connectivity index (χ1) is 13.9. The van der Waals surface area contributed by atoms with Crippen molar-refractivity contribution in [3.63, 3.8) is 0 Å². The van der Waals surface area contributed by atoms with E-state index in [1.807, 2.05) is 19.1 Å². The molecule has 0 radical (unpaired) electrons. The largest absolute Gasteiger partial charge is 0.390 e. The lowest BCUT2D eigenvalue weighted by molar-refractivity contribution is 0.0856. The van der Waals surface area contributed by atoms with Gasteiger partial charge in [-0.1, -0.05) is 41.0 Å². The minimum absolute atomic E-state index is 0.121. The van der Waals surface area contributed by atoms with E-state index in [4.69, 9.17) is 39.0 Å². The molecule has 2 aromatic rings. The molecule has 0 bridgehead atoms. The van der Waals surface area contributed by atoms with Crippen LogP contribution in [0.25, 0.3) is 0 Å². The molecule has 2 aliphatic rings. The van der Waals surface area contributed by atoms with E-state index in [1.54, 1.807) is 6.07 Å². The molecule has 1 spiro atoms. The predicted octanol–water partition coefficient (Wildman–Crippen LogP) is 5.10. The molecule has 0 unspecified atom stereocenters. The molecule has 1 aliphatic heterocycles. The molecule has 156 valence electrons. The number of nitrogens with two attached hydrogens (primary N) is 1. The topological polar surface area (TPSA) is 75.3 Å². The maximum Gasteiger partial charge on any atom is 0.123 e. The van der Waals surface area contributed by atoms with Crippen LogP contribution in [0.2, 0.25) is 10.0 Å². The third kappa shape index (κ3) is 4.16. The summed E-state index contributed by atoms with van der Waals surface area (Å²) in [5.74, 6) is 6.58. The van der Waals surface area contributed by atoms with Crippen molar-refractivity contribution in [2.75, 3.05) is 6.54 Å². The minimum atomic E-state index is -0.121. The highest BCUT2D eigenvalue weighted by molar-refractivity contribution is 7.99. The van der Waals surface area contributed by atoms with Gasteiger partial charge in [0.25, 0.3) is 0 Å². The molecule has 3 N–H and O–H groups in total. The average molecular weight is 453 g/mol. The zero-order valence-corrected chi connectivity index (χ0v) is 18.8. The molecule has 1 aliphatic carbocycles. The van der Waals surface area contributed by atoms with Crippen LogP contribution >= 0.6 is 35.0 Å². The zero-order valence-electron chi connectivity index (χ0n) is 16.5. The first kappa shape index (κ1) is 21.3.